The smallest absolute Gasteiger partial charge is 0.252 e. The van der Waals surface area contributed by atoms with Crippen LogP contribution in [-0.4, -0.2) is 55.1 Å². The topological polar surface area (TPSA) is 57.3 Å². The molecule has 3 rings (SSSR count). The van der Waals surface area contributed by atoms with Crippen molar-refractivity contribution in [3.05, 3.63) is 54.1 Å². The van der Waals surface area contributed by atoms with Gasteiger partial charge >= 0.3 is 0 Å². The Labute approximate surface area is 140 Å². The number of piperazine rings is 1. The van der Waals surface area contributed by atoms with Gasteiger partial charge in [-0.15, -0.1) is 0 Å². The van der Waals surface area contributed by atoms with Gasteiger partial charge in [0.25, 0.3) is 5.91 Å². The van der Waals surface area contributed by atoms with Crippen LogP contribution in [0.15, 0.2) is 42.7 Å². The van der Waals surface area contributed by atoms with Crippen LogP contribution in [0.1, 0.15) is 10.4 Å². The number of pyridine rings is 1. The molecule has 0 spiro atoms. The fraction of sp³-hybridized carbons (Fsp3) is 0.333. The van der Waals surface area contributed by atoms with Crippen LogP contribution in [-0.2, 0) is 0 Å². The monoisotopic (exact) mass is 328 g/mol. The number of carbonyl (C=O) groups excluding carboxylic acids is 1. The molecule has 1 aliphatic rings. The Morgan fingerprint density at radius 3 is 3.04 bits per heavy atom. The molecule has 5 nitrogen and oxygen atoms in total. The molecule has 2 N–H and O–H groups in total. The summed E-state index contributed by atoms with van der Waals surface area (Å²) in [7, 11) is 2.06. The maximum absolute atomic E-state index is 13.4. The van der Waals surface area contributed by atoms with E-state index in [0.717, 1.165) is 25.2 Å². The molecule has 1 aromatic carbocycles. The molecule has 2 aromatic rings. The second-order valence-electron chi connectivity index (χ2n) is 6.02. The van der Waals surface area contributed by atoms with Crippen LogP contribution < -0.4 is 10.6 Å². The van der Waals surface area contributed by atoms with Crippen LogP contribution in [0.25, 0.3) is 11.1 Å². The van der Waals surface area contributed by atoms with E-state index in [9.17, 15) is 9.18 Å². The molecule has 0 saturated carbocycles. The average Bonchev–Trinajstić information content (AvgIpc) is 2.61. The van der Waals surface area contributed by atoms with E-state index in [1.54, 1.807) is 24.4 Å². The molecule has 24 heavy (non-hydrogen) atoms. The summed E-state index contributed by atoms with van der Waals surface area (Å²) in [5.74, 6) is -0.477. The molecule has 1 atom stereocenters. The zero-order valence-corrected chi connectivity index (χ0v) is 13.6. The minimum atomic E-state index is -0.310. The fourth-order valence-corrected chi connectivity index (χ4v) is 2.79. The van der Waals surface area contributed by atoms with Crippen LogP contribution in [0.5, 0.6) is 0 Å². The number of hydrogen-bond acceptors (Lipinski definition) is 4. The Morgan fingerprint density at radius 2 is 2.25 bits per heavy atom. The van der Waals surface area contributed by atoms with E-state index in [1.165, 1.54) is 18.3 Å². The van der Waals surface area contributed by atoms with Crippen LogP contribution in [0.4, 0.5) is 4.39 Å². The number of rotatable bonds is 4. The Bertz CT molecular complexity index is 722. The first kappa shape index (κ1) is 16.5. The molecule has 1 aliphatic heterocycles. The van der Waals surface area contributed by atoms with Gasteiger partial charge in [-0.05, 0) is 30.8 Å². The first-order valence-corrected chi connectivity index (χ1v) is 8.03. The summed E-state index contributed by atoms with van der Waals surface area (Å²) in [6.45, 7) is 3.38. The van der Waals surface area contributed by atoms with Gasteiger partial charge in [0.2, 0.25) is 0 Å². The lowest BCUT2D eigenvalue weighted by Crippen LogP contribution is -2.53. The molecule has 0 bridgehead atoms. The lowest BCUT2D eigenvalue weighted by molar-refractivity contribution is 0.0932. The van der Waals surface area contributed by atoms with Gasteiger partial charge in [-0.2, -0.15) is 0 Å². The highest BCUT2D eigenvalue weighted by Gasteiger charge is 2.19. The molecule has 126 valence electrons. The quantitative estimate of drug-likeness (QED) is 0.893. The lowest BCUT2D eigenvalue weighted by Gasteiger charge is -2.33. The van der Waals surface area contributed by atoms with Gasteiger partial charge in [-0.1, -0.05) is 12.1 Å². The van der Waals surface area contributed by atoms with Crippen LogP contribution in [0, 0.1) is 5.82 Å². The number of halogens is 1. The summed E-state index contributed by atoms with van der Waals surface area (Å²) < 4.78 is 13.4. The van der Waals surface area contributed by atoms with Crippen molar-refractivity contribution in [2.45, 2.75) is 6.04 Å². The first-order valence-electron chi connectivity index (χ1n) is 8.03. The SMILES string of the molecule is CN1CCNCC1CNC(=O)c1cncc(-c2cccc(F)c2)c1. The van der Waals surface area contributed by atoms with E-state index in [1.807, 2.05) is 0 Å². The second kappa shape index (κ2) is 7.51. The van der Waals surface area contributed by atoms with E-state index in [0.29, 0.717) is 17.7 Å². The molecule has 1 fully saturated rings. The summed E-state index contributed by atoms with van der Waals surface area (Å²) in [6, 6.07) is 8.28. The van der Waals surface area contributed by atoms with Gasteiger partial charge in [0.1, 0.15) is 5.82 Å². The predicted molar refractivity (Wildman–Crippen MR) is 91.3 cm³/mol. The molecule has 0 radical (unpaired) electrons. The molecule has 2 heterocycles. The van der Waals surface area contributed by atoms with Crippen molar-refractivity contribution >= 4 is 5.91 Å². The number of carbonyl (C=O) groups is 1. The van der Waals surface area contributed by atoms with Gasteiger partial charge in [-0.3, -0.25) is 14.7 Å². The Kier molecular flexibility index (Phi) is 5.17. The zero-order chi connectivity index (χ0) is 16.9. The Morgan fingerprint density at radius 1 is 1.38 bits per heavy atom. The number of nitrogens with one attached hydrogen (secondary N) is 2. The summed E-state index contributed by atoms with van der Waals surface area (Å²) in [6.07, 6.45) is 3.16. The fourth-order valence-electron chi connectivity index (χ4n) is 2.79. The maximum atomic E-state index is 13.4. The van der Waals surface area contributed by atoms with Crippen molar-refractivity contribution in [1.82, 2.24) is 20.5 Å². The third-order valence-corrected chi connectivity index (χ3v) is 4.30. The highest BCUT2D eigenvalue weighted by atomic mass is 19.1. The summed E-state index contributed by atoms with van der Waals surface area (Å²) in [5.41, 5.74) is 1.90. The number of aromatic nitrogens is 1. The first-order chi connectivity index (χ1) is 11.6. The summed E-state index contributed by atoms with van der Waals surface area (Å²) in [4.78, 5) is 18.7. The van der Waals surface area contributed by atoms with Crippen molar-refractivity contribution in [2.24, 2.45) is 0 Å². The summed E-state index contributed by atoms with van der Waals surface area (Å²) in [5, 5.41) is 6.28. The van der Waals surface area contributed by atoms with E-state index in [-0.39, 0.29) is 17.8 Å². The lowest BCUT2D eigenvalue weighted by atomic mass is 10.1. The van der Waals surface area contributed by atoms with Crippen LogP contribution >= 0.6 is 0 Å². The third-order valence-electron chi connectivity index (χ3n) is 4.30. The number of nitrogens with zero attached hydrogens (tertiary/aromatic N) is 2. The van der Waals surface area contributed by atoms with Crippen molar-refractivity contribution in [3.8, 4) is 11.1 Å². The highest BCUT2D eigenvalue weighted by molar-refractivity contribution is 5.95. The average molecular weight is 328 g/mol. The number of amides is 1. The molecule has 1 aromatic heterocycles. The van der Waals surface area contributed by atoms with Gasteiger partial charge in [-0.25, -0.2) is 4.39 Å². The van der Waals surface area contributed by atoms with Crippen LogP contribution in [0.2, 0.25) is 0 Å². The van der Waals surface area contributed by atoms with E-state index >= 15 is 0 Å². The Balaban J connectivity index is 1.68. The van der Waals surface area contributed by atoms with Crippen molar-refractivity contribution in [3.63, 3.8) is 0 Å². The van der Waals surface area contributed by atoms with Gasteiger partial charge in [0.15, 0.2) is 0 Å². The highest BCUT2D eigenvalue weighted by Crippen LogP contribution is 2.20. The number of likely N-dealkylation sites (N-methyl/N-ethyl adjacent to an activating group) is 1. The minimum absolute atomic E-state index is 0.167. The normalized spacial score (nSPS) is 18.3. The van der Waals surface area contributed by atoms with Crippen molar-refractivity contribution < 1.29 is 9.18 Å². The van der Waals surface area contributed by atoms with Crippen LogP contribution in [0.3, 0.4) is 0 Å². The van der Waals surface area contributed by atoms with Gasteiger partial charge < -0.3 is 10.6 Å². The van der Waals surface area contributed by atoms with Gasteiger partial charge in [0, 0.05) is 50.2 Å². The van der Waals surface area contributed by atoms with Gasteiger partial charge in [0.05, 0.1) is 5.56 Å². The van der Waals surface area contributed by atoms with Crippen molar-refractivity contribution in [2.75, 3.05) is 33.2 Å². The number of benzene rings is 1. The van der Waals surface area contributed by atoms with E-state index in [4.69, 9.17) is 0 Å². The zero-order valence-electron chi connectivity index (χ0n) is 13.6. The molecular formula is C18H21FN4O. The third kappa shape index (κ3) is 3.96. The van der Waals surface area contributed by atoms with Crippen molar-refractivity contribution in [1.29, 1.82) is 0 Å². The molecule has 1 amide bonds. The molecule has 6 heteroatoms. The predicted octanol–water partition coefficient (Wildman–Crippen LogP) is 1.52. The largest absolute Gasteiger partial charge is 0.350 e. The van der Waals surface area contributed by atoms with E-state index in [2.05, 4.69) is 27.6 Å². The molecule has 0 aliphatic carbocycles. The molecule has 1 saturated heterocycles. The second-order valence-corrected chi connectivity index (χ2v) is 6.02. The summed E-state index contributed by atoms with van der Waals surface area (Å²) >= 11 is 0. The minimum Gasteiger partial charge on any atom is -0.350 e. The van der Waals surface area contributed by atoms with E-state index < -0.39 is 0 Å². The molecule has 1 unspecified atom stereocenters. The number of hydrogen-bond donors (Lipinski definition) is 2. The molecular weight excluding hydrogens is 307 g/mol. The standard InChI is InChI=1S/C18H21FN4O/c1-23-6-5-20-11-17(23)12-22-18(24)15-7-14(9-21-10-15)13-3-2-4-16(19)8-13/h2-4,7-10,17,20H,5-6,11-12H2,1H3,(H,22,24). The Hall–Kier alpha value is -2.31. The maximum Gasteiger partial charge on any atom is 0.252 e.